The summed E-state index contributed by atoms with van der Waals surface area (Å²) in [6.45, 7) is 24.8. The lowest BCUT2D eigenvalue weighted by Gasteiger charge is -2.41. The molecule has 2 unspecified atom stereocenters. The van der Waals surface area contributed by atoms with Crippen molar-refractivity contribution in [1.82, 2.24) is 0 Å². The molecule has 2 saturated carbocycles. The topological polar surface area (TPSA) is 60.7 Å². The number of rotatable bonds is 10. The summed E-state index contributed by atoms with van der Waals surface area (Å²) >= 11 is 0. The first-order chi connectivity index (χ1) is 18.7. The highest BCUT2D eigenvalue weighted by Gasteiger charge is 2.35. The molecule has 0 radical (unpaired) electrons. The van der Waals surface area contributed by atoms with E-state index in [0.29, 0.717) is 17.3 Å². The van der Waals surface area contributed by atoms with Crippen molar-refractivity contribution in [2.45, 2.75) is 183 Å². The molecule has 0 spiro atoms. The molecule has 0 aliphatic heterocycles. The fraction of sp³-hybridized carbons (Fsp3) is 0.838. The summed E-state index contributed by atoms with van der Waals surface area (Å²) in [5.74, 6) is 1.32. The quantitative estimate of drug-likeness (QED) is 0.248. The third kappa shape index (κ3) is 15.9. The molecule has 2 rings (SSSR count). The van der Waals surface area contributed by atoms with Crippen LogP contribution < -0.4 is 0 Å². The average molecular weight is 563 g/mol. The molecular formula is C37H70O3. The first-order valence-corrected chi connectivity index (χ1v) is 16.9. The third-order valence-corrected chi connectivity index (χ3v) is 8.89. The highest BCUT2D eigenvalue weighted by molar-refractivity contribution is 5.37. The van der Waals surface area contributed by atoms with E-state index < -0.39 is 11.2 Å². The molecule has 3 heteroatoms. The van der Waals surface area contributed by atoms with Crippen LogP contribution in [0.4, 0.5) is 0 Å². The van der Waals surface area contributed by atoms with Crippen molar-refractivity contribution in [1.29, 1.82) is 0 Å². The van der Waals surface area contributed by atoms with E-state index in [2.05, 4.69) is 32.6 Å². The zero-order valence-electron chi connectivity index (χ0n) is 28.5. The van der Waals surface area contributed by atoms with Crippen molar-refractivity contribution in [3.63, 3.8) is 0 Å². The van der Waals surface area contributed by atoms with Crippen molar-refractivity contribution in [2.75, 3.05) is 0 Å². The van der Waals surface area contributed by atoms with Crippen molar-refractivity contribution >= 4 is 0 Å². The Balaban J connectivity index is 0.00000363. The van der Waals surface area contributed by atoms with E-state index in [0.717, 1.165) is 63.4 Å². The molecule has 2 aliphatic rings. The van der Waals surface area contributed by atoms with Crippen molar-refractivity contribution in [2.24, 2.45) is 17.3 Å². The largest absolute Gasteiger partial charge is 0.390 e. The molecule has 2 fully saturated rings. The van der Waals surface area contributed by atoms with Crippen molar-refractivity contribution in [3.05, 3.63) is 35.5 Å². The van der Waals surface area contributed by atoms with Crippen LogP contribution in [0.2, 0.25) is 0 Å². The maximum atomic E-state index is 10.3. The van der Waals surface area contributed by atoms with Gasteiger partial charge in [-0.3, -0.25) is 0 Å². The molecule has 3 nitrogen and oxygen atoms in total. The summed E-state index contributed by atoms with van der Waals surface area (Å²) in [5, 5.41) is 30.7. The van der Waals surface area contributed by atoms with E-state index in [-0.39, 0.29) is 6.10 Å². The van der Waals surface area contributed by atoms with Crippen molar-refractivity contribution in [3.8, 4) is 0 Å². The summed E-state index contributed by atoms with van der Waals surface area (Å²) in [6.07, 6.45) is 20.6. The third-order valence-electron chi connectivity index (χ3n) is 8.89. The van der Waals surface area contributed by atoms with Crippen LogP contribution in [-0.2, 0) is 0 Å². The second kappa shape index (κ2) is 19.3. The Morgan fingerprint density at radius 2 is 1.32 bits per heavy atom. The summed E-state index contributed by atoms with van der Waals surface area (Å²) in [5.41, 5.74) is 2.80. The Labute approximate surface area is 250 Å². The Morgan fingerprint density at radius 3 is 1.85 bits per heavy atom. The summed E-state index contributed by atoms with van der Waals surface area (Å²) in [4.78, 5) is 0. The van der Waals surface area contributed by atoms with Gasteiger partial charge in [0.1, 0.15) is 0 Å². The molecule has 0 bridgehead atoms. The highest BCUT2D eigenvalue weighted by atomic mass is 16.3. The van der Waals surface area contributed by atoms with Gasteiger partial charge in [0, 0.05) is 0 Å². The average Bonchev–Trinajstić information content (AvgIpc) is 2.93. The maximum absolute atomic E-state index is 10.3. The predicted molar refractivity (Wildman–Crippen MR) is 177 cm³/mol. The van der Waals surface area contributed by atoms with Crippen LogP contribution in [0.5, 0.6) is 0 Å². The summed E-state index contributed by atoms with van der Waals surface area (Å²) < 4.78 is 0. The van der Waals surface area contributed by atoms with Gasteiger partial charge in [0.05, 0.1) is 17.3 Å². The van der Waals surface area contributed by atoms with Gasteiger partial charge >= 0.3 is 0 Å². The molecule has 0 aromatic heterocycles. The number of hydrogen-bond donors (Lipinski definition) is 3. The molecule has 0 aromatic carbocycles. The van der Waals surface area contributed by atoms with Crippen LogP contribution in [-0.4, -0.2) is 32.6 Å². The fourth-order valence-electron chi connectivity index (χ4n) is 6.65. The zero-order valence-corrected chi connectivity index (χ0v) is 28.5. The van der Waals surface area contributed by atoms with E-state index in [9.17, 15) is 15.3 Å². The van der Waals surface area contributed by atoms with E-state index >= 15 is 0 Å². The maximum Gasteiger partial charge on any atom is 0.0787 e. The number of hydrogen-bond acceptors (Lipinski definition) is 3. The van der Waals surface area contributed by atoms with Crippen LogP contribution in [0.15, 0.2) is 35.5 Å². The predicted octanol–water partition coefficient (Wildman–Crippen LogP) is 10.5. The van der Waals surface area contributed by atoms with Gasteiger partial charge in [-0.1, -0.05) is 91.5 Å². The molecule has 0 saturated heterocycles. The SMILES string of the molecule is C=C1/C(=C\C=C2\CCCC(C(CCCC(C)(C)O)CCCC(C)(C)O)C(C)(C)CCC2)CCCC1O.CC.CC. The van der Waals surface area contributed by atoms with Gasteiger partial charge < -0.3 is 15.3 Å². The second-order valence-electron chi connectivity index (χ2n) is 14.0. The van der Waals surface area contributed by atoms with Crippen LogP contribution in [0.1, 0.15) is 166 Å². The monoisotopic (exact) mass is 563 g/mol. The van der Waals surface area contributed by atoms with E-state index in [1.165, 1.54) is 44.1 Å². The minimum atomic E-state index is -0.598. The highest BCUT2D eigenvalue weighted by Crippen LogP contribution is 2.46. The molecule has 0 aromatic rings. The minimum Gasteiger partial charge on any atom is -0.390 e. The molecular weight excluding hydrogens is 492 g/mol. The van der Waals surface area contributed by atoms with Gasteiger partial charge in [-0.25, -0.2) is 0 Å². The van der Waals surface area contributed by atoms with Crippen LogP contribution in [0.25, 0.3) is 0 Å². The first-order valence-electron chi connectivity index (χ1n) is 16.9. The lowest BCUT2D eigenvalue weighted by Crippen LogP contribution is -2.32. The standard InChI is InChI=1S/C33H58O3.2C2H6/c1-25-27(15-9-19-30(25)34)21-20-26-13-8-18-29(31(2,3)22-10-14-26)28(16-11-23-32(4,5)35)17-12-24-33(6,7)36;2*1-2/h20-21,28-30,34-36H,1,8-19,22-24H2,2-7H3;2*1-2H3/b26-20-,27-21-;;. The van der Waals surface area contributed by atoms with Gasteiger partial charge in [-0.2, -0.15) is 0 Å². The molecule has 0 heterocycles. The Morgan fingerprint density at radius 1 is 0.825 bits per heavy atom. The number of allylic oxidation sites excluding steroid dienone is 3. The fourth-order valence-corrected chi connectivity index (χ4v) is 6.65. The molecule has 236 valence electrons. The van der Waals surface area contributed by atoms with Crippen LogP contribution in [0.3, 0.4) is 0 Å². The lowest BCUT2D eigenvalue weighted by molar-refractivity contribution is 0.0505. The van der Waals surface area contributed by atoms with Crippen molar-refractivity contribution < 1.29 is 15.3 Å². The summed E-state index contributed by atoms with van der Waals surface area (Å²) in [7, 11) is 0. The number of aliphatic hydroxyl groups is 3. The Kier molecular flexibility index (Phi) is 18.9. The van der Waals surface area contributed by atoms with Gasteiger partial charge in [0.25, 0.3) is 0 Å². The minimum absolute atomic E-state index is 0.295. The van der Waals surface area contributed by atoms with E-state index in [1.54, 1.807) is 5.57 Å². The van der Waals surface area contributed by atoms with Gasteiger partial charge in [0.2, 0.25) is 0 Å². The van der Waals surface area contributed by atoms with Gasteiger partial charge in [0.15, 0.2) is 0 Å². The van der Waals surface area contributed by atoms with E-state index in [1.807, 2.05) is 55.4 Å². The van der Waals surface area contributed by atoms with E-state index in [4.69, 9.17) is 0 Å². The zero-order chi connectivity index (χ0) is 31.0. The summed E-state index contributed by atoms with van der Waals surface area (Å²) in [6, 6.07) is 0. The molecule has 3 N–H and O–H groups in total. The molecule has 40 heavy (non-hydrogen) atoms. The first kappa shape index (κ1) is 39.1. The normalized spacial score (nSPS) is 24.4. The number of aliphatic hydroxyl groups excluding tert-OH is 1. The molecule has 0 amide bonds. The van der Waals surface area contributed by atoms with Gasteiger partial charge in [-0.05, 0) is 127 Å². The van der Waals surface area contributed by atoms with Crippen LogP contribution in [0, 0.1) is 17.3 Å². The van der Waals surface area contributed by atoms with Gasteiger partial charge in [-0.15, -0.1) is 0 Å². The Hall–Kier alpha value is -0.900. The molecule has 2 atom stereocenters. The Bertz CT molecular complexity index is 724. The smallest absolute Gasteiger partial charge is 0.0787 e. The lowest BCUT2D eigenvalue weighted by atomic mass is 9.65. The molecule has 2 aliphatic carbocycles. The van der Waals surface area contributed by atoms with Crippen LogP contribution >= 0.6 is 0 Å². The second-order valence-corrected chi connectivity index (χ2v) is 14.0.